The number of ether oxygens (including phenoxy) is 1. The molecule has 1 saturated heterocycles. The normalized spacial score (nSPS) is 26.6. The van der Waals surface area contributed by atoms with Gasteiger partial charge in [-0.05, 0) is 32.4 Å². The van der Waals surface area contributed by atoms with E-state index in [2.05, 4.69) is 9.71 Å². The molecule has 0 aliphatic carbocycles. The van der Waals surface area contributed by atoms with Crippen LogP contribution in [0.25, 0.3) is 0 Å². The van der Waals surface area contributed by atoms with Gasteiger partial charge in [-0.15, -0.1) is 0 Å². The zero-order chi connectivity index (χ0) is 15.0. The van der Waals surface area contributed by atoms with Crippen LogP contribution in [-0.2, 0) is 14.8 Å². The maximum atomic E-state index is 12.5. The Hall–Kier alpha value is -1.09. The summed E-state index contributed by atoms with van der Waals surface area (Å²) in [7, 11) is -3.77. The van der Waals surface area contributed by atoms with Crippen LogP contribution in [-0.4, -0.2) is 36.6 Å². The Bertz CT molecular complexity index is 633. The maximum Gasteiger partial charge on any atom is 0.243 e. The van der Waals surface area contributed by atoms with Gasteiger partial charge in [0, 0.05) is 12.8 Å². The molecule has 1 fully saturated rings. The number of thiocarbonyl (C=S) groups is 1. The average Bonchev–Trinajstić information content (AvgIpc) is 2.68. The van der Waals surface area contributed by atoms with Crippen LogP contribution < -0.4 is 10.5 Å². The molecule has 1 aromatic heterocycles. The van der Waals surface area contributed by atoms with Crippen LogP contribution in [0.2, 0.25) is 0 Å². The fourth-order valence-corrected chi connectivity index (χ4v) is 4.02. The second-order valence-electron chi connectivity index (χ2n) is 5.00. The van der Waals surface area contributed by atoms with Crippen LogP contribution in [0.15, 0.2) is 23.2 Å². The van der Waals surface area contributed by atoms with Crippen LogP contribution in [0.5, 0.6) is 0 Å². The number of rotatable bonds is 4. The molecule has 1 aromatic rings. The van der Waals surface area contributed by atoms with Gasteiger partial charge in [0.15, 0.2) is 0 Å². The van der Waals surface area contributed by atoms with Crippen molar-refractivity contribution in [3.05, 3.63) is 24.0 Å². The van der Waals surface area contributed by atoms with Crippen molar-refractivity contribution >= 4 is 27.2 Å². The number of aromatic nitrogens is 1. The lowest BCUT2D eigenvalue weighted by Gasteiger charge is -2.28. The van der Waals surface area contributed by atoms with E-state index < -0.39 is 15.6 Å². The second kappa shape index (κ2) is 5.36. The lowest BCUT2D eigenvalue weighted by molar-refractivity contribution is 0.0957. The van der Waals surface area contributed by atoms with Gasteiger partial charge in [0.25, 0.3) is 0 Å². The molecule has 0 saturated carbocycles. The molecular weight excluding hydrogens is 298 g/mol. The smallest absolute Gasteiger partial charge is 0.243 e. The van der Waals surface area contributed by atoms with Gasteiger partial charge < -0.3 is 10.5 Å². The molecule has 6 nitrogen and oxygen atoms in total. The highest BCUT2D eigenvalue weighted by atomic mass is 32.2. The van der Waals surface area contributed by atoms with Gasteiger partial charge in [-0.25, -0.2) is 13.1 Å². The molecule has 20 heavy (non-hydrogen) atoms. The third-order valence-corrected chi connectivity index (χ3v) is 5.38. The Kier molecular flexibility index (Phi) is 4.10. The van der Waals surface area contributed by atoms with Crippen molar-refractivity contribution in [1.82, 2.24) is 9.71 Å². The summed E-state index contributed by atoms with van der Waals surface area (Å²) in [6, 6.07) is 2.97. The standard InChI is InChI=1S/C12H17N3O3S2/c1-8-12(2,5-7-18-8)15-20(16,17)9-4-3-6-14-10(9)11(13)19/h3-4,6,8,15H,5,7H2,1-2H3,(H2,13,19). The van der Waals surface area contributed by atoms with Crippen molar-refractivity contribution in [3.8, 4) is 0 Å². The molecule has 0 radical (unpaired) electrons. The molecule has 110 valence electrons. The lowest BCUT2D eigenvalue weighted by atomic mass is 9.97. The molecule has 1 aliphatic heterocycles. The molecule has 2 heterocycles. The predicted octanol–water partition coefficient (Wildman–Crippen LogP) is 0.562. The van der Waals surface area contributed by atoms with Gasteiger partial charge in [-0.1, -0.05) is 12.2 Å². The van der Waals surface area contributed by atoms with E-state index in [0.717, 1.165) is 0 Å². The van der Waals surface area contributed by atoms with E-state index in [1.54, 1.807) is 0 Å². The number of nitrogens with zero attached hydrogens (tertiary/aromatic N) is 1. The number of nitrogens with two attached hydrogens (primary N) is 1. The Morgan fingerprint density at radius 3 is 2.90 bits per heavy atom. The highest BCUT2D eigenvalue weighted by Gasteiger charge is 2.41. The second-order valence-corrected chi connectivity index (χ2v) is 7.09. The van der Waals surface area contributed by atoms with Crippen LogP contribution in [0.3, 0.4) is 0 Å². The van der Waals surface area contributed by atoms with Gasteiger partial charge in [-0.2, -0.15) is 0 Å². The molecular formula is C12H17N3O3S2. The Balaban J connectivity index is 2.39. The molecule has 0 spiro atoms. The quantitative estimate of drug-likeness (QED) is 0.789. The van der Waals surface area contributed by atoms with Gasteiger partial charge in [0.1, 0.15) is 15.6 Å². The van der Waals surface area contributed by atoms with E-state index in [-0.39, 0.29) is 21.7 Å². The van der Waals surface area contributed by atoms with Gasteiger partial charge in [-0.3, -0.25) is 4.98 Å². The largest absolute Gasteiger partial charge is 0.388 e. The Morgan fingerprint density at radius 1 is 1.65 bits per heavy atom. The number of hydrogen-bond donors (Lipinski definition) is 2. The van der Waals surface area contributed by atoms with Gasteiger partial charge >= 0.3 is 0 Å². The van der Waals surface area contributed by atoms with E-state index >= 15 is 0 Å². The zero-order valence-electron chi connectivity index (χ0n) is 11.3. The lowest BCUT2D eigenvalue weighted by Crippen LogP contribution is -2.50. The first kappa shape index (κ1) is 15.3. The number of hydrogen-bond acceptors (Lipinski definition) is 5. The Morgan fingerprint density at radius 2 is 2.35 bits per heavy atom. The third kappa shape index (κ3) is 2.83. The first-order chi connectivity index (χ1) is 9.26. The molecule has 2 atom stereocenters. The number of nitrogens with one attached hydrogen (secondary N) is 1. The van der Waals surface area contributed by atoms with E-state index in [1.165, 1.54) is 18.3 Å². The minimum atomic E-state index is -3.77. The van der Waals surface area contributed by atoms with Gasteiger partial charge in [0.05, 0.1) is 11.6 Å². The number of sulfonamides is 1. The summed E-state index contributed by atoms with van der Waals surface area (Å²) >= 11 is 4.85. The van der Waals surface area contributed by atoms with Crippen LogP contribution in [0, 0.1) is 0 Å². The van der Waals surface area contributed by atoms with E-state index in [9.17, 15) is 8.42 Å². The number of pyridine rings is 1. The molecule has 8 heteroatoms. The fourth-order valence-electron chi connectivity index (χ4n) is 2.12. The summed E-state index contributed by atoms with van der Waals surface area (Å²) in [4.78, 5) is 3.89. The Labute approximate surface area is 123 Å². The van der Waals surface area contributed by atoms with Crippen LogP contribution in [0.1, 0.15) is 26.0 Å². The molecule has 1 aliphatic rings. The summed E-state index contributed by atoms with van der Waals surface area (Å²) in [5.41, 5.74) is 4.98. The molecule has 0 aromatic carbocycles. The highest BCUT2D eigenvalue weighted by molar-refractivity contribution is 7.89. The van der Waals surface area contributed by atoms with Crippen molar-refractivity contribution < 1.29 is 13.2 Å². The minimum Gasteiger partial charge on any atom is -0.388 e. The molecule has 0 bridgehead atoms. The molecule has 3 N–H and O–H groups in total. The van der Waals surface area contributed by atoms with Gasteiger partial charge in [0.2, 0.25) is 10.0 Å². The first-order valence-corrected chi connectivity index (χ1v) is 8.06. The summed E-state index contributed by atoms with van der Waals surface area (Å²) < 4.78 is 33.2. The average molecular weight is 315 g/mol. The highest BCUT2D eigenvalue weighted by Crippen LogP contribution is 2.27. The fraction of sp³-hybridized carbons (Fsp3) is 0.500. The van der Waals surface area contributed by atoms with Crippen molar-refractivity contribution in [3.63, 3.8) is 0 Å². The summed E-state index contributed by atoms with van der Waals surface area (Å²) in [5, 5.41) is 0. The zero-order valence-corrected chi connectivity index (χ0v) is 12.9. The molecule has 2 unspecified atom stereocenters. The van der Waals surface area contributed by atoms with Crippen LogP contribution in [0.4, 0.5) is 0 Å². The van der Waals surface area contributed by atoms with Crippen molar-refractivity contribution in [2.45, 2.75) is 36.8 Å². The summed E-state index contributed by atoms with van der Waals surface area (Å²) in [6.45, 7) is 4.18. The van der Waals surface area contributed by atoms with E-state index in [1.807, 2.05) is 13.8 Å². The van der Waals surface area contributed by atoms with Crippen LogP contribution >= 0.6 is 12.2 Å². The summed E-state index contributed by atoms with van der Waals surface area (Å²) in [6.07, 6.45) is 1.86. The van der Waals surface area contributed by atoms with Crippen molar-refractivity contribution in [1.29, 1.82) is 0 Å². The van der Waals surface area contributed by atoms with Crippen molar-refractivity contribution in [2.24, 2.45) is 5.73 Å². The monoisotopic (exact) mass is 315 g/mol. The topological polar surface area (TPSA) is 94.3 Å². The SMILES string of the molecule is CC1OCCC1(C)NS(=O)(=O)c1cccnc1C(N)=S. The summed E-state index contributed by atoms with van der Waals surface area (Å²) in [5.74, 6) is 0. The maximum absolute atomic E-state index is 12.5. The first-order valence-electron chi connectivity index (χ1n) is 6.17. The van der Waals surface area contributed by atoms with E-state index in [4.69, 9.17) is 22.7 Å². The minimum absolute atomic E-state index is 0.00664. The molecule has 0 amide bonds. The predicted molar refractivity (Wildman–Crippen MR) is 78.9 cm³/mol. The third-order valence-electron chi connectivity index (χ3n) is 3.55. The van der Waals surface area contributed by atoms with Crippen molar-refractivity contribution in [2.75, 3.05) is 6.61 Å². The van der Waals surface area contributed by atoms with E-state index in [0.29, 0.717) is 13.0 Å². The molecule has 2 rings (SSSR count).